The first-order valence-corrected chi connectivity index (χ1v) is 38.6. The monoisotopic (exact) mass is 1480 g/mol. The van der Waals surface area contributed by atoms with Gasteiger partial charge in [-0.25, -0.2) is 0 Å². The number of hydrogen-bond acceptors (Lipinski definition) is 24. The maximum absolute atomic E-state index is 16.0. The van der Waals surface area contributed by atoms with E-state index in [4.69, 9.17) is 0 Å². The van der Waals surface area contributed by atoms with Crippen LogP contribution in [0.1, 0.15) is 195 Å². The molecule has 36 heteroatoms. The molecule has 0 aromatic heterocycles. The number of carboxylic acid groups (broad SMARTS) is 4. The van der Waals surface area contributed by atoms with E-state index < -0.39 is 298 Å². The normalized spacial score (nSPS) is 25.8. The van der Waals surface area contributed by atoms with Crippen LogP contribution in [0.3, 0.4) is 0 Å². The molecule has 32 nitrogen and oxygen atoms in total. The van der Waals surface area contributed by atoms with Crippen LogP contribution in [0.2, 0.25) is 0 Å². The van der Waals surface area contributed by atoms with Crippen molar-refractivity contribution in [2.75, 3.05) is 49.2 Å². The van der Waals surface area contributed by atoms with E-state index in [0.29, 0.717) is 0 Å². The average molecular weight is 1480 g/mol. The Labute approximate surface area is 576 Å². The zero-order valence-corrected chi connectivity index (χ0v) is 58.2. The van der Waals surface area contributed by atoms with Crippen LogP contribution in [0, 0.1) is 0 Å². The number of aromatic hydroxyl groups is 4. The van der Waals surface area contributed by atoms with Crippen molar-refractivity contribution in [3.05, 3.63) is 91.0 Å². The Balaban J connectivity index is 1.56. The van der Waals surface area contributed by atoms with Gasteiger partial charge in [0.15, 0.2) is 0 Å². The quantitative estimate of drug-likeness (QED) is 0.0448. The number of nitrogens with zero attached hydrogens (tertiary/aromatic N) is 4. The van der Waals surface area contributed by atoms with Crippen molar-refractivity contribution in [1.29, 1.82) is 0 Å². The maximum atomic E-state index is 16.0. The lowest BCUT2D eigenvalue weighted by Gasteiger charge is -2.40. The minimum atomic E-state index is -5.28. The van der Waals surface area contributed by atoms with E-state index in [9.17, 15) is 112 Å². The number of rotatable bonds is 24. The van der Waals surface area contributed by atoms with E-state index in [1.807, 2.05) is 0 Å². The Kier molecular flexibility index (Phi) is 21.3. The van der Waals surface area contributed by atoms with E-state index in [1.54, 1.807) is 0 Å². The fraction of sp³-hybridized carbons (Fsp3) is 0.562. The zero-order valence-electron chi connectivity index (χ0n) is 54.9. The molecule has 8 atom stereocenters. The molecule has 9 rings (SSSR count). The minimum Gasteiger partial charge on any atom is -0.872 e. The van der Waals surface area contributed by atoms with Crippen molar-refractivity contribution in [3.63, 3.8) is 0 Å². The number of hydrogen-bond donors (Lipinski definition) is 12. The summed E-state index contributed by atoms with van der Waals surface area (Å²) in [6.07, 6.45) is -3.99. The molecular weight excluding hydrogens is 1400 g/mol. The molecule has 0 radical (unpaired) electrons. The second-order valence-electron chi connectivity index (χ2n) is 27.8. The molecule has 0 saturated carbocycles. The summed E-state index contributed by atoms with van der Waals surface area (Å²) in [5.74, 6) is -29.6. The van der Waals surface area contributed by atoms with Gasteiger partial charge < -0.3 is 61.3 Å². The maximum Gasteiger partial charge on any atom is 0.323 e. The van der Waals surface area contributed by atoms with Gasteiger partial charge in [0.25, 0.3) is 40.5 Å². The summed E-state index contributed by atoms with van der Waals surface area (Å²) < 4.78 is 148. The van der Waals surface area contributed by atoms with Crippen molar-refractivity contribution in [1.82, 2.24) is 19.6 Å². The Morgan fingerprint density at radius 3 is 0.790 bits per heavy atom. The molecule has 5 aliphatic rings. The lowest BCUT2D eigenvalue weighted by molar-refractivity contribution is -0.284. The summed E-state index contributed by atoms with van der Waals surface area (Å²) in [5, 5.41) is 159. The molecule has 4 heterocycles. The fourth-order valence-corrected chi connectivity index (χ4v) is 17.7. The van der Waals surface area contributed by atoms with Gasteiger partial charge in [0.05, 0.1) is 28.6 Å². The van der Waals surface area contributed by atoms with Crippen molar-refractivity contribution in [2.24, 2.45) is 0 Å². The van der Waals surface area contributed by atoms with Gasteiger partial charge in [-0.2, -0.15) is 33.7 Å². The second kappa shape index (κ2) is 27.8. The van der Waals surface area contributed by atoms with E-state index >= 15 is 20.4 Å². The zero-order chi connectivity index (χ0) is 74.3. The SMILES string of the molecule is CC1(C(=O)O)CCCN1Cc1c([O-])c2cc(c1[O-])C(CCS(=O)(=O)O)c1cc(c(O)c(CN3CCCC3(C)C(=O)O)c1[O-])C(CCS(=O)(=O)O)c1cc(c(O)c(CN3CCCC3(C)C(=O)O)c1O)C(CCS(=O)(=O)O)c1cc(c([O-])c(CN3CCCC3(C)C(=O)O)c1O)C2CCS(=O)(=O)O. The fourth-order valence-electron chi connectivity index (χ4n) is 15.5. The van der Waals surface area contributed by atoms with Crippen LogP contribution in [-0.2, 0) is 85.8 Å². The summed E-state index contributed by atoms with van der Waals surface area (Å²) in [7, 11) is -21.0. The number of likely N-dealkylation sites (tertiary alicyclic amines) is 4. The minimum absolute atomic E-state index is 0.0562. The van der Waals surface area contributed by atoms with Gasteiger partial charge in [0.2, 0.25) is 0 Å². The van der Waals surface area contributed by atoms with Gasteiger partial charge in [0, 0.05) is 83.2 Å². The molecule has 552 valence electrons. The summed E-state index contributed by atoms with van der Waals surface area (Å²) in [6, 6.07) is 3.23. The predicted octanol–water partition coefficient (Wildman–Crippen LogP) is 2.51. The molecule has 100 heavy (non-hydrogen) atoms. The first-order valence-electron chi connectivity index (χ1n) is 32.1. The van der Waals surface area contributed by atoms with Gasteiger partial charge in [0.1, 0.15) is 45.2 Å². The first kappa shape index (κ1) is 76.8. The summed E-state index contributed by atoms with van der Waals surface area (Å²) in [4.78, 5) is 57.6. The highest BCUT2D eigenvalue weighted by molar-refractivity contribution is 7.86. The molecule has 8 unspecified atom stereocenters. The Morgan fingerprint density at radius 1 is 0.360 bits per heavy atom. The Morgan fingerprint density at radius 2 is 0.550 bits per heavy atom. The average Bonchev–Trinajstić information content (AvgIpc) is 1.30. The third-order valence-electron chi connectivity index (χ3n) is 21.7. The van der Waals surface area contributed by atoms with E-state index in [-0.39, 0.29) is 77.5 Å². The second-order valence-corrected chi connectivity index (χ2v) is 34.1. The lowest BCUT2D eigenvalue weighted by atomic mass is 9.75. The summed E-state index contributed by atoms with van der Waals surface area (Å²) in [5.41, 5.74) is -16.5. The molecule has 4 aromatic carbocycles. The molecule has 0 amide bonds. The van der Waals surface area contributed by atoms with Crippen LogP contribution in [0.4, 0.5) is 0 Å². The molecule has 12 N–H and O–H groups in total. The largest absolute Gasteiger partial charge is 0.872 e. The molecule has 4 aliphatic heterocycles. The first-order chi connectivity index (χ1) is 46.2. The van der Waals surface area contributed by atoms with E-state index in [0.717, 1.165) is 24.3 Å². The van der Waals surface area contributed by atoms with Crippen molar-refractivity contribution >= 4 is 64.3 Å². The summed E-state index contributed by atoms with van der Waals surface area (Å²) in [6.45, 7) is 1.19. The van der Waals surface area contributed by atoms with Gasteiger partial charge in [-0.1, -0.05) is 29.7 Å². The molecule has 4 saturated heterocycles. The number of benzene rings is 4. The number of phenolic OH excluding ortho intramolecular Hbond substituents is 4. The number of carboxylic acids is 4. The van der Waals surface area contributed by atoms with Crippen LogP contribution in [0.15, 0.2) is 24.3 Å². The third-order valence-corrected chi connectivity index (χ3v) is 24.7. The highest BCUT2D eigenvalue weighted by Gasteiger charge is 2.49. The molecule has 4 aromatic rings. The van der Waals surface area contributed by atoms with Crippen LogP contribution in [0.25, 0.3) is 0 Å². The van der Waals surface area contributed by atoms with Crippen molar-refractivity contribution in [3.8, 4) is 46.0 Å². The molecule has 4 fully saturated rings. The van der Waals surface area contributed by atoms with Crippen LogP contribution in [0.5, 0.6) is 46.0 Å². The predicted molar refractivity (Wildman–Crippen MR) is 344 cm³/mol. The summed E-state index contributed by atoms with van der Waals surface area (Å²) >= 11 is 0. The molecular formula is C64H80N4O28S4-4. The van der Waals surface area contributed by atoms with Gasteiger partial charge >= 0.3 is 23.9 Å². The van der Waals surface area contributed by atoms with E-state index in [2.05, 4.69) is 0 Å². The van der Waals surface area contributed by atoms with Crippen LogP contribution < -0.4 is 20.4 Å². The Hall–Kier alpha value is -7.36. The number of phenols is 4. The van der Waals surface area contributed by atoms with Crippen LogP contribution in [-0.4, -0.2) is 208 Å². The highest BCUT2D eigenvalue weighted by Crippen LogP contribution is 2.56. The molecule has 8 bridgehead atoms. The lowest BCUT2D eigenvalue weighted by Crippen LogP contribution is -2.47. The van der Waals surface area contributed by atoms with Gasteiger partial charge in [-0.3, -0.25) is 57.0 Å². The van der Waals surface area contributed by atoms with E-state index in [1.165, 1.54) is 47.3 Å². The Bertz CT molecular complexity index is 3790. The van der Waals surface area contributed by atoms with Gasteiger partial charge in [-0.05, 0) is 165 Å². The number of carbonyl (C=O) groups is 4. The molecule has 0 spiro atoms. The number of aliphatic carboxylic acids is 4. The van der Waals surface area contributed by atoms with Gasteiger partial charge in [-0.15, -0.1) is 11.5 Å². The van der Waals surface area contributed by atoms with Crippen LogP contribution >= 0.6 is 0 Å². The smallest absolute Gasteiger partial charge is 0.323 e. The topological polar surface area (TPSA) is 553 Å². The third kappa shape index (κ3) is 15.0. The highest BCUT2D eigenvalue weighted by atomic mass is 32.2. The van der Waals surface area contributed by atoms with Crippen molar-refractivity contribution < 1.29 is 132 Å². The van der Waals surface area contributed by atoms with Crippen molar-refractivity contribution in [2.45, 2.75) is 177 Å². The molecule has 1 aliphatic carbocycles. The standard InChI is InChI=1S/C64H84N4O28S4/c1-61(57(77)78)13-5-17-65(61)29-45-49(69)37-25-38(50(45)70)34(10-22-98(88,89)90)40-27-42(54(74)47(52(40)72)31-67-19-7-15-63(67,3)59(81)82)36(12-24-100(94,95)96)44-28-43(55(75)48(56(44)76)32-68-20-8-16-64(68,4)60(83)84)35(11-23-99(91,92)93)41-26-39(33(37)9-21-97(85,86)87)51(71)46(53(41)73)30-66-18-6-14-62(66,2)58(79)80/h25-28,33-36,69-76H,5-24,29-32H2,1-4H3,(H,77,78)(H,79,80)(H,81,82)(H,83,84)(H,85,86,87)(H,88,89,90)(H,91,92,93)(H,94,95,96)/p-4. The number of fused-ring (bicyclic) bond motifs is 8.